The number of halogens is 1. The van der Waals surface area contributed by atoms with Crippen LogP contribution < -0.4 is 0 Å². The van der Waals surface area contributed by atoms with E-state index >= 15 is 0 Å². The van der Waals surface area contributed by atoms with E-state index in [0.717, 1.165) is 6.07 Å². The number of hydrogen-bond donors (Lipinski definition) is 0. The number of carbonyl (C=O) groups is 2. The molecule has 132 valence electrons. The lowest BCUT2D eigenvalue weighted by Gasteiger charge is -2.37. The van der Waals surface area contributed by atoms with Gasteiger partial charge in [0.2, 0.25) is 5.95 Å². The summed E-state index contributed by atoms with van der Waals surface area (Å²) in [4.78, 5) is 31.2. The second-order valence-electron chi connectivity index (χ2n) is 6.98. The zero-order valence-electron chi connectivity index (χ0n) is 14.6. The summed E-state index contributed by atoms with van der Waals surface area (Å²) in [7, 11) is 1.72. The number of nitrogens with zero attached hydrogens (tertiary/aromatic N) is 3. The molecule has 2 heterocycles. The van der Waals surface area contributed by atoms with E-state index in [1.165, 1.54) is 12.3 Å². The minimum Gasteiger partial charge on any atom is -0.444 e. The van der Waals surface area contributed by atoms with Gasteiger partial charge in [0.1, 0.15) is 5.60 Å². The lowest BCUT2D eigenvalue weighted by molar-refractivity contribution is 0.0156. The van der Waals surface area contributed by atoms with Gasteiger partial charge >= 0.3 is 6.09 Å². The largest absolute Gasteiger partial charge is 0.444 e. The number of pyridine rings is 1. The molecule has 2 rings (SSSR count). The van der Waals surface area contributed by atoms with Crippen molar-refractivity contribution in [2.75, 3.05) is 20.1 Å². The Kier molecular flexibility index (Phi) is 5.41. The molecule has 2 amide bonds. The molecule has 1 aliphatic rings. The van der Waals surface area contributed by atoms with E-state index in [4.69, 9.17) is 4.74 Å². The van der Waals surface area contributed by atoms with Crippen molar-refractivity contribution in [3.05, 3.63) is 29.8 Å². The Bertz CT molecular complexity index is 607. The smallest absolute Gasteiger partial charge is 0.410 e. The molecule has 1 aromatic rings. The van der Waals surface area contributed by atoms with E-state index in [0.29, 0.717) is 31.5 Å². The monoisotopic (exact) mass is 337 g/mol. The van der Waals surface area contributed by atoms with Gasteiger partial charge < -0.3 is 14.5 Å². The van der Waals surface area contributed by atoms with Crippen molar-refractivity contribution < 1.29 is 18.7 Å². The zero-order valence-corrected chi connectivity index (χ0v) is 14.6. The summed E-state index contributed by atoms with van der Waals surface area (Å²) in [5.41, 5.74) is -0.241. The van der Waals surface area contributed by atoms with Crippen molar-refractivity contribution in [3.8, 4) is 0 Å². The second kappa shape index (κ2) is 7.15. The van der Waals surface area contributed by atoms with Crippen LogP contribution in [-0.2, 0) is 4.74 Å². The molecule has 0 N–H and O–H groups in total. The molecule has 1 aromatic heterocycles. The Morgan fingerprint density at radius 1 is 1.33 bits per heavy atom. The van der Waals surface area contributed by atoms with Gasteiger partial charge in [-0.25, -0.2) is 9.78 Å². The summed E-state index contributed by atoms with van der Waals surface area (Å²) in [5.74, 6) is -0.880. The standard InChI is InChI=1S/C17H24FN3O3/c1-17(2,3)24-16(23)20(4)13-6-9-21(10-7-13)15(22)12-5-8-19-14(18)11-12/h5,8,11,13H,6-7,9-10H2,1-4H3. The fourth-order valence-electron chi connectivity index (χ4n) is 2.66. The third-order valence-corrected chi connectivity index (χ3v) is 3.95. The van der Waals surface area contributed by atoms with E-state index in [2.05, 4.69) is 4.98 Å². The van der Waals surface area contributed by atoms with Gasteiger partial charge in [-0.15, -0.1) is 0 Å². The molecule has 1 saturated heterocycles. The molecule has 1 aliphatic heterocycles. The van der Waals surface area contributed by atoms with Gasteiger partial charge in [0.15, 0.2) is 0 Å². The Morgan fingerprint density at radius 2 is 1.96 bits per heavy atom. The van der Waals surface area contributed by atoms with E-state index in [1.54, 1.807) is 16.8 Å². The van der Waals surface area contributed by atoms with Crippen molar-refractivity contribution in [1.82, 2.24) is 14.8 Å². The third kappa shape index (κ3) is 4.66. The first-order valence-corrected chi connectivity index (χ1v) is 8.04. The highest BCUT2D eigenvalue weighted by molar-refractivity contribution is 5.94. The van der Waals surface area contributed by atoms with Crippen molar-refractivity contribution in [2.45, 2.75) is 45.3 Å². The van der Waals surface area contributed by atoms with Gasteiger partial charge in [-0.1, -0.05) is 0 Å². The number of aromatic nitrogens is 1. The maximum absolute atomic E-state index is 13.1. The second-order valence-corrected chi connectivity index (χ2v) is 6.98. The van der Waals surface area contributed by atoms with Crippen molar-refractivity contribution in [1.29, 1.82) is 0 Å². The summed E-state index contributed by atoms with van der Waals surface area (Å²) in [6.45, 7) is 6.51. The van der Waals surface area contributed by atoms with Crippen molar-refractivity contribution >= 4 is 12.0 Å². The van der Waals surface area contributed by atoms with Crippen molar-refractivity contribution in [2.24, 2.45) is 0 Å². The zero-order chi connectivity index (χ0) is 17.9. The molecular weight excluding hydrogens is 313 g/mol. The van der Waals surface area contributed by atoms with E-state index in [1.807, 2.05) is 20.8 Å². The predicted molar refractivity (Wildman–Crippen MR) is 87.1 cm³/mol. The maximum atomic E-state index is 13.1. The van der Waals surface area contributed by atoms with Gasteiger partial charge in [0, 0.05) is 44.0 Å². The quantitative estimate of drug-likeness (QED) is 0.779. The van der Waals surface area contributed by atoms with E-state index in [9.17, 15) is 14.0 Å². The van der Waals surface area contributed by atoms with Crippen LogP contribution in [0, 0.1) is 5.95 Å². The first-order valence-electron chi connectivity index (χ1n) is 8.04. The van der Waals surface area contributed by atoms with Gasteiger partial charge in [0.05, 0.1) is 0 Å². The fourth-order valence-corrected chi connectivity index (χ4v) is 2.66. The molecule has 6 nitrogen and oxygen atoms in total. The number of amides is 2. The van der Waals surface area contributed by atoms with Crippen LogP contribution in [0.5, 0.6) is 0 Å². The van der Waals surface area contributed by atoms with Crippen LogP contribution in [-0.4, -0.2) is 58.6 Å². The highest BCUT2D eigenvalue weighted by Crippen LogP contribution is 2.20. The fraction of sp³-hybridized carbons (Fsp3) is 0.588. The van der Waals surface area contributed by atoms with Crippen LogP contribution in [0.4, 0.5) is 9.18 Å². The molecule has 1 fully saturated rings. The molecule has 0 bridgehead atoms. The Hall–Kier alpha value is -2.18. The highest BCUT2D eigenvalue weighted by Gasteiger charge is 2.30. The van der Waals surface area contributed by atoms with Crippen molar-refractivity contribution in [3.63, 3.8) is 0 Å². The highest BCUT2D eigenvalue weighted by atomic mass is 19.1. The summed E-state index contributed by atoms with van der Waals surface area (Å²) in [6, 6.07) is 2.67. The number of likely N-dealkylation sites (tertiary alicyclic amines) is 1. The molecular formula is C17H24FN3O3. The molecule has 0 radical (unpaired) electrons. The predicted octanol–water partition coefficient (Wildman–Crippen LogP) is 2.69. The van der Waals surface area contributed by atoms with Crippen LogP contribution >= 0.6 is 0 Å². The van der Waals surface area contributed by atoms with Crippen LogP contribution in [0.15, 0.2) is 18.3 Å². The summed E-state index contributed by atoms with van der Waals surface area (Å²) >= 11 is 0. The Labute approximate surface area is 141 Å². The van der Waals surface area contributed by atoms with Crippen LogP contribution in [0.3, 0.4) is 0 Å². The summed E-state index contributed by atoms with van der Waals surface area (Å²) in [5, 5.41) is 0. The Balaban J connectivity index is 1.91. The molecule has 0 unspecified atom stereocenters. The molecule has 0 aromatic carbocycles. The number of carbonyl (C=O) groups excluding carboxylic acids is 2. The lowest BCUT2D eigenvalue weighted by Crippen LogP contribution is -2.48. The maximum Gasteiger partial charge on any atom is 0.410 e. The topological polar surface area (TPSA) is 62.7 Å². The first-order chi connectivity index (χ1) is 11.2. The number of piperidine rings is 1. The Morgan fingerprint density at radius 3 is 2.50 bits per heavy atom. The molecule has 7 heteroatoms. The van der Waals surface area contributed by atoms with Crippen LogP contribution in [0.2, 0.25) is 0 Å². The molecule has 0 spiro atoms. The van der Waals surface area contributed by atoms with Gasteiger partial charge in [0.25, 0.3) is 5.91 Å². The van der Waals surface area contributed by atoms with Gasteiger partial charge in [-0.05, 0) is 39.7 Å². The SMILES string of the molecule is CN(C(=O)OC(C)(C)C)C1CCN(C(=O)c2ccnc(F)c2)CC1. The lowest BCUT2D eigenvalue weighted by atomic mass is 10.0. The van der Waals surface area contributed by atoms with E-state index < -0.39 is 11.5 Å². The summed E-state index contributed by atoms with van der Waals surface area (Å²) in [6.07, 6.45) is 2.25. The first kappa shape index (κ1) is 18.2. The third-order valence-electron chi connectivity index (χ3n) is 3.95. The average Bonchev–Trinajstić information content (AvgIpc) is 2.52. The number of ether oxygens (including phenoxy) is 1. The van der Waals surface area contributed by atoms with Gasteiger partial charge in [-0.2, -0.15) is 4.39 Å². The molecule has 24 heavy (non-hydrogen) atoms. The van der Waals surface area contributed by atoms with Crippen LogP contribution in [0.25, 0.3) is 0 Å². The normalized spacial score (nSPS) is 16.0. The minimum absolute atomic E-state index is 0.0260. The molecule has 0 aliphatic carbocycles. The molecule has 0 atom stereocenters. The minimum atomic E-state index is -0.666. The number of hydrogen-bond acceptors (Lipinski definition) is 4. The van der Waals surface area contributed by atoms with Crippen LogP contribution in [0.1, 0.15) is 44.0 Å². The summed E-state index contributed by atoms with van der Waals surface area (Å²) < 4.78 is 18.5. The van der Waals surface area contributed by atoms with E-state index in [-0.39, 0.29) is 18.0 Å². The average molecular weight is 337 g/mol. The molecule has 0 saturated carbocycles. The van der Waals surface area contributed by atoms with Gasteiger partial charge in [-0.3, -0.25) is 4.79 Å². The number of rotatable bonds is 2.